The molecule has 1 aromatic heterocycles. The van der Waals surface area contributed by atoms with Crippen LogP contribution in [0.2, 0.25) is 0 Å². The molecule has 1 unspecified atom stereocenters. The number of thiophene rings is 1. The van der Waals surface area contributed by atoms with Crippen molar-refractivity contribution in [2.24, 2.45) is 5.92 Å². The SMILES string of the molecule is CN1CC[C@]23c4c5ccc(OC(=O)Cc6ccsc6)c4O[C@H]2C(=O)CCC3[C@H]1C5. The van der Waals surface area contributed by atoms with Gasteiger partial charge in [-0.25, -0.2) is 0 Å². The van der Waals surface area contributed by atoms with Gasteiger partial charge in [0, 0.05) is 23.4 Å². The number of likely N-dealkylation sites (N-methyl/N-ethyl adjacent to an activating group) is 1. The minimum Gasteiger partial charge on any atom is -0.477 e. The predicted octanol–water partition coefficient (Wildman–Crippen LogP) is 3.13. The lowest BCUT2D eigenvalue weighted by molar-refractivity contribution is -0.138. The summed E-state index contributed by atoms with van der Waals surface area (Å²) < 4.78 is 12.1. The maximum Gasteiger partial charge on any atom is 0.315 e. The van der Waals surface area contributed by atoms with Gasteiger partial charge in [0.1, 0.15) is 0 Å². The first kappa shape index (κ1) is 17.7. The lowest BCUT2D eigenvalue weighted by Gasteiger charge is -2.57. The molecule has 1 aromatic carbocycles. The van der Waals surface area contributed by atoms with E-state index in [0.29, 0.717) is 29.9 Å². The number of likely N-dealkylation sites (tertiary alicyclic amines) is 1. The van der Waals surface area contributed by atoms with Crippen LogP contribution in [0.3, 0.4) is 0 Å². The first-order valence-electron chi connectivity index (χ1n) is 10.4. The number of rotatable bonds is 3. The molecule has 2 aliphatic heterocycles. The van der Waals surface area contributed by atoms with Gasteiger partial charge in [0.15, 0.2) is 23.4 Å². The summed E-state index contributed by atoms with van der Waals surface area (Å²) >= 11 is 1.57. The minimum atomic E-state index is -0.428. The largest absolute Gasteiger partial charge is 0.477 e. The van der Waals surface area contributed by atoms with E-state index in [1.165, 1.54) is 5.56 Å². The highest BCUT2D eigenvalue weighted by Crippen LogP contribution is 2.63. The highest BCUT2D eigenvalue weighted by Gasteiger charge is 2.65. The second-order valence-corrected chi connectivity index (χ2v) is 9.64. The number of ketones is 1. The molecule has 6 rings (SSSR count). The molecule has 3 heterocycles. The molecule has 2 bridgehead atoms. The normalized spacial score (nSPS) is 31.9. The van der Waals surface area contributed by atoms with Crippen molar-refractivity contribution in [3.05, 3.63) is 45.6 Å². The molecule has 1 saturated heterocycles. The molecule has 0 N–H and O–H groups in total. The Kier molecular flexibility index (Phi) is 3.75. The van der Waals surface area contributed by atoms with Crippen LogP contribution in [0.4, 0.5) is 0 Å². The van der Waals surface area contributed by atoms with E-state index in [1.54, 1.807) is 11.3 Å². The molecule has 29 heavy (non-hydrogen) atoms. The maximum absolute atomic E-state index is 12.9. The number of carbonyl (C=O) groups is 2. The zero-order valence-corrected chi connectivity index (χ0v) is 17.2. The number of hydrogen-bond donors (Lipinski definition) is 0. The Morgan fingerprint density at radius 1 is 1.38 bits per heavy atom. The molecule has 0 amide bonds. The van der Waals surface area contributed by atoms with Gasteiger partial charge in [-0.1, -0.05) is 6.07 Å². The summed E-state index contributed by atoms with van der Waals surface area (Å²) in [6.45, 7) is 0.968. The quantitative estimate of drug-likeness (QED) is 0.576. The van der Waals surface area contributed by atoms with Crippen molar-refractivity contribution in [3.63, 3.8) is 0 Å². The summed E-state index contributed by atoms with van der Waals surface area (Å²) in [4.78, 5) is 27.9. The van der Waals surface area contributed by atoms with Crippen LogP contribution < -0.4 is 9.47 Å². The van der Waals surface area contributed by atoms with Crippen molar-refractivity contribution in [2.75, 3.05) is 13.6 Å². The van der Waals surface area contributed by atoms with Crippen molar-refractivity contribution in [1.82, 2.24) is 4.90 Å². The van der Waals surface area contributed by atoms with Crippen molar-refractivity contribution in [1.29, 1.82) is 0 Å². The molecule has 2 fully saturated rings. The Balaban J connectivity index is 1.42. The van der Waals surface area contributed by atoms with Gasteiger partial charge in [0.05, 0.1) is 6.42 Å². The van der Waals surface area contributed by atoms with Crippen molar-refractivity contribution in [3.8, 4) is 11.5 Å². The lowest BCUT2D eigenvalue weighted by Crippen LogP contribution is -2.65. The fraction of sp³-hybridized carbons (Fsp3) is 0.478. The number of hydrogen-bond acceptors (Lipinski definition) is 6. The lowest BCUT2D eigenvalue weighted by atomic mass is 9.52. The Morgan fingerprint density at radius 3 is 3.10 bits per heavy atom. The fourth-order valence-corrected chi connectivity index (χ4v) is 6.98. The standard InChI is InChI=1S/C23H23NO4S/c1-24-8-7-23-15-3-4-17(25)22(23)28-21-18(5-2-14(20(21)23)11-16(15)24)27-19(26)10-13-6-9-29-12-13/h2,5-6,9,12,15-16,22H,3-4,7-8,10-11H2,1H3/t15?,16-,22+,23+/m1/s1. The summed E-state index contributed by atoms with van der Waals surface area (Å²) in [6.07, 6.45) is 3.21. The van der Waals surface area contributed by atoms with Gasteiger partial charge >= 0.3 is 5.97 Å². The van der Waals surface area contributed by atoms with Gasteiger partial charge in [-0.3, -0.25) is 9.59 Å². The van der Waals surface area contributed by atoms with Crippen LogP contribution in [0.5, 0.6) is 11.5 Å². The Morgan fingerprint density at radius 2 is 2.28 bits per heavy atom. The number of esters is 1. The first-order valence-corrected chi connectivity index (χ1v) is 11.3. The van der Waals surface area contributed by atoms with Gasteiger partial charge in [0.2, 0.25) is 0 Å². The van der Waals surface area contributed by atoms with Crippen LogP contribution in [-0.2, 0) is 27.8 Å². The van der Waals surface area contributed by atoms with Gasteiger partial charge in [-0.15, -0.1) is 0 Å². The van der Waals surface area contributed by atoms with E-state index in [2.05, 4.69) is 18.0 Å². The molecule has 4 aliphatic rings. The molecule has 4 atom stereocenters. The molecular formula is C23H23NO4S. The van der Waals surface area contributed by atoms with Crippen LogP contribution in [0, 0.1) is 5.92 Å². The molecule has 5 nitrogen and oxygen atoms in total. The maximum atomic E-state index is 12.9. The Hall–Kier alpha value is -2.18. The number of Topliss-reactive ketones (excluding diaryl/α,β-unsaturated/α-hetero) is 1. The van der Waals surface area contributed by atoms with Gasteiger partial charge in [0.25, 0.3) is 0 Å². The Labute approximate surface area is 173 Å². The summed E-state index contributed by atoms with van der Waals surface area (Å²) in [5.74, 6) is 1.44. The topological polar surface area (TPSA) is 55.8 Å². The number of piperidine rings is 1. The van der Waals surface area contributed by atoms with Crippen LogP contribution in [0.1, 0.15) is 36.0 Å². The van der Waals surface area contributed by atoms with E-state index in [-0.39, 0.29) is 23.6 Å². The van der Waals surface area contributed by atoms with E-state index < -0.39 is 6.10 Å². The third-order valence-electron chi connectivity index (χ3n) is 7.52. The van der Waals surface area contributed by atoms with Gasteiger partial charge < -0.3 is 14.4 Å². The zero-order valence-electron chi connectivity index (χ0n) is 16.3. The van der Waals surface area contributed by atoms with Crippen LogP contribution in [0.15, 0.2) is 29.0 Å². The molecule has 1 saturated carbocycles. The fourth-order valence-electron chi connectivity index (χ4n) is 6.31. The highest BCUT2D eigenvalue weighted by atomic mass is 32.1. The second kappa shape index (κ2) is 6.16. The van der Waals surface area contributed by atoms with E-state index in [1.807, 2.05) is 22.9 Å². The average molecular weight is 410 g/mol. The number of nitrogens with zero attached hydrogens (tertiary/aromatic N) is 1. The van der Waals surface area contributed by atoms with Gasteiger partial charge in [-0.2, -0.15) is 11.3 Å². The third-order valence-corrected chi connectivity index (χ3v) is 8.25. The molecule has 6 heteroatoms. The third kappa shape index (κ3) is 2.36. The summed E-state index contributed by atoms with van der Waals surface area (Å²) in [6, 6.07) is 6.33. The van der Waals surface area contributed by atoms with Crippen molar-refractivity contribution >= 4 is 23.1 Å². The summed E-state index contributed by atoms with van der Waals surface area (Å²) in [5, 5.41) is 3.91. The van der Waals surface area contributed by atoms with Crippen molar-refractivity contribution in [2.45, 2.75) is 49.7 Å². The molecule has 2 aromatic rings. The number of carbonyl (C=O) groups excluding carboxylic acids is 2. The summed E-state index contributed by atoms with van der Waals surface area (Å²) in [5.41, 5.74) is 3.12. The van der Waals surface area contributed by atoms with E-state index in [4.69, 9.17) is 9.47 Å². The van der Waals surface area contributed by atoms with E-state index in [9.17, 15) is 9.59 Å². The molecule has 1 spiro atoms. The molecule has 0 radical (unpaired) electrons. The van der Waals surface area contributed by atoms with Crippen LogP contribution in [0.25, 0.3) is 0 Å². The highest BCUT2D eigenvalue weighted by molar-refractivity contribution is 7.08. The molecule has 2 aliphatic carbocycles. The molecule has 150 valence electrons. The van der Waals surface area contributed by atoms with Gasteiger partial charge in [-0.05, 0) is 72.8 Å². The van der Waals surface area contributed by atoms with Crippen LogP contribution >= 0.6 is 11.3 Å². The first-order chi connectivity index (χ1) is 14.1. The van der Waals surface area contributed by atoms with Crippen molar-refractivity contribution < 1.29 is 19.1 Å². The second-order valence-electron chi connectivity index (χ2n) is 8.86. The monoisotopic (exact) mass is 409 g/mol. The Bertz CT molecular complexity index is 1020. The van der Waals surface area contributed by atoms with Crippen LogP contribution in [-0.4, -0.2) is 42.4 Å². The zero-order chi connectivity index (χ0) is 19.8. The minimum absolute atomic E-state index is 0.198. The van der Waals surface area contributed by atoms with E-state index >= 15 is 0 Å². The average Bonchev–Trinajstić information content (AvgIpc) is 3.33. The smallest absolute Gasteiger partial charge is 0.315 e. The predicted molar refractivity (Wildman–Crippen MR) is 109 cm³/mol. The number of ether oxygens (including phenoxy) is 2. The molecular weight excluding hydrogens is 386 g/mol. The van der Waals surface area contributed by atoms with E-state index in [0.717, 1.165) is 36.9 Å². The summed E-state index contributed by atoms with van der Waals surface area (Å²) in [7, 11) is 2.20. The number of benzene rings is 1.